The maximum Gasteiger partial charge on any atom is 0.339 e. The lowest BCUT2D eigenvalue weighted by Gasteiger charge is -2.13. The van der Waals surface area contributed by atoms with Crippen molar-refractivity contribution in [3.8, 4) is 11.5 Å². The van der Waals surface area contributed by atoms with Gasteiger partial charge < -0.3 is 14.2 Å². The second-order valence-electron chi connectivity index (χ2n) is 6.69. The summed E-state index contributed by atoms with van der Waals surface area (Å²) in [5.74, 6) is -0.178. The van der Waals surface area contributed by atoms with Gasteiger partial charge in [-0.3, -0.25) is 4.79 Å². The fraction of sp³-hybridized carbons (Fsp3) is 0.0435. The van der Waals surface area contributed by atoms with E-state index in [2.05, 4.69) is 10.3 Å². The van der Waals surface area contributed by atoms with Crippen molar-refractivity contribution in [1.82, 2.24) is 5.32 Å². The van der Waals surface area contributed by atoms with Gasteiger partial charge in [0.1, 0.15) is 4.90 Å². The van der Waals surface area contributed by atoms with Gasteiger partial charge in [0.15, 0.2) is 16.7 Å². The van der Waals surface area contributed by atoms with Crippen LogP contribution in [0.1, 0.15) is 5.56 Å². The van der Waals surface area contributed by atoms with Crippen LogP contribution < -0.4 is 14.2 Å². The number of para-hydroxylation sites is 1. The highest BCUT2D eigenvalue weighted by molar-refractivity contribution is 8.18. The molecule has 1 heterocycles. The number of amides is 1. The molecule has 1 saturated heterocycles. The lowest BCUT2D eigenvalue weighted by Crippen LogP contribution is -2.19. The van der Waals surface area contributed by atoms with Gasteiger partial charge in [-0.05, 0) is 60.3 Å². The van der Waals surface area contributed by atoms with Crippen molar-refractivity contribution in [2.24, 2.45) is 4.99 Å². The van der Waals surface area contributed by atoms with Gasteiger partial charge in [-0.25, -0.2) is 4.99 Å². The van der Waals surface area contributed by atoms with Crippen LogP contribution >= 0.6 is 23.4 Å². The molecule has 1 amide bonds. The van der Waals surface area contributed by atoms with Gasteiger partial charge in [0.25, 0.3) is 5.91 Å². The molecule has 0 aliphatic carbocycles. The molecule has 1 fully saturated rings. The van der Waals surface area contributed by atoms with Gasteiger partial charge in [-0.15, -0.1) is 0 Å². The van der Waals surface area contributed by atoms with E-state index in [1.165, 1.54) is 25.3 Å². The number of benzene rings is 3. The Labute approximate surface area is 200 Å². The number of nitrogens with zero attached hydrogens (tertiary/aromatic N) is 1. The highest BCUT2D eigenvalue weighted by Gasteiger charge is 2.26. The first-order valence-corrected chi connectivity index (χ1v) is 12.2. The van der Waals surface area contributed by atoms with Crippen LogP contribution in [0.15, 0.2) is 87.6 Å². The Bertz CT molecular complexity index is 1360. The highest BCUT2D eigenvalue weighted by Crippen LogP contribution is 2.37. The lowest BCUT2D eigenvalue weighted by atomic mass is 10.1. The third kappa shape index (κ3) is 5.39. The Morgan fingerprint density at radius 1 is 1.00 bits per heavy atom. The molecule has 1 N–H and O–H groups in total. The van der Waals surface area contributed by atoms with Crippen molar-refractivity contribution in [2.45, 2.75) is 4.90 Å². The number of carbonyl (C=O) groups is 1. The van der Waals surface area contributed by atoms with Crippen LogP contribution in [0, 0.1) is 0 Å². The number of thioether (sulfide) groups is 1. The van der Waals surface area contributed by atoms with Crippen molar-refractivity contribution in [2.75, 3.05) is 7.11 Å². The number of amidine groups is 1. The zero-order chi connectivity index (χ0) is 23.4. The van der Waals surface area contributed by atoms with Crippen LogP contribution in [-0.2, 0) is 14.9 Å². The Morgan fingerprint density at radius 2 is 1.73 bits per heavy atom. The topological polar surface area (TPSA) is 94.1 Å². The Kier molecular flexibility index (Phi) is 6.73. The molecule has 0 aromatic heterocycles. The lowest BCUT2D eigenvalue weighted by molar-refractivity contribution is -0.115. The summed E-state index contributed by atoms with van der Waals surface area (Å²) in [4.78, 5) is 17.2. The molecule has 33 heavy (non-hydrogen) atoms. The van der Waals surface area contributed by atoms with Crippen LogP contribution in [0.5, 0.6) is 11.5 Å². The summed E-state index contributed by atoms with van der Waals surface area (Å²) in [6.07, 6.45) is 1.53. The van der Waals surface area contributed by atoms with Crippen molar-refractivity contribution in [3.05, 3.63) is 88.3 Å². The molecular formula is C23H17ClN2O5S2. The normalized spacial score (nSPS) is 16.1. The van der Waals surface area contributed by atoms with Crippen molar-refractivity contribution in [1.29, 1.82) is 0 Å². The maximum atomic E-state index is 12.8. The number of hydrogen-bond donors (Lipinski definition) is 1. The van der Waals surface area contributed by atoms with Crippen molar-refractivity contribution < 1.29 is 22.1 Å². The quantitative estimate of drug-likeness (QED) is 0.378. The van der Waals surface area contributed by atoms with E-state index >= 15 is 0 Å². The third-order valence-electron chi connectivity index (χ3n) is 4.45. The third-order valence-corrected chi connectivity index (χ3v) is 6.85. The van der Waals surface area contributed by atoms with Crippen LogP contribution in [0.4, 0.5) is 5.69 Å². The molecule has 0 radical (unpaired) electrons. The summed E-state index contributed by atoms with van der Waals surface area (Å²) in [5.41, 5.74) is 0.988. The molecule has 0 spiro atoms. The van der Waals surface area contributed by atoms with E-state index in [0.29, 0.717) is 26.3 Å². The first kappa shape index (κ1) is 22.9. The second-order valence-corrected chi connectivity index (χ2v) is 9.70. The molecule has 0 atom stereocenters. The first-order valence-electron chi connectivity index (χ1n) is 9.57. The molecule has 1 aliphatic rings. The van der Waals surface area contributed by atoms with E-state index in [4.69, 9.17) is 20.5 Å². The van der Waals surface area contributed by atoms with Gasteiger partial charge in [0.05, 0.1) is 17.7 Å². The molecule has 0 bridgehead atoms. The number of nitrogens with one attached hydrogen (secondary N) is 1. The minimum Gasteiger partial charge on any atom is -0.493 e. The van der Waals surface area contributed by atoms with Gasteiger partial charge in [-0.1, -0.05) is 41.9 Å². The van der Waals surface area contributed by atoms with Crippen LogP contribution in [-0.4, -0.2) is 26.6 Å². The number of hydrogen-bond acceptors (Lipinski definition) is 7. The average Bonchev–Trinajstić information content (AvgIpc) is 3.15. The summed E-state index contributed by atoms with van der Waals surface area (Å²) >= 11 is 7.01. The largest absolute Gasteiger partial charge is 0.493 e. The number of carbonyl (C=O) groups excluding carboxylic acids is 1. The Balaban J connectivity index is 1.67. The number of rotatable bonds is 6. The van der Waals surface area contributed by atoms with E-state index in [9.17, 15) is 13.2 Å². The smallest absolute Gasteiger partial charge is 0.339 e. The van der Waals surface area contributed by atoms with Crippen molar-refractivity contribution in [3.63, 3.8) is 0 Å². The number of aliphatic imine (C=N–C) groups is 1. The summed E-state index contributed by atoms with van der Waals surface area (Å²) in [7, 11) is -2.72. The number of halogens is 1. The average molecular weight is 501 g/mol. The van der Waals surface area contributed by atoms with E-state index in [1.807, 2.05) is 0 Å². The van der Waals surface area contributed by atoms with E-state index < -0.39 is 10.1 Å². The minimum atomic E-state index is -4.12. The molecule has 3 aromatic rings. The van der Waals surface area contributed by atoms with Gasteiger partial charge in [0, 0.05) is 10.6 Å². The van der Waals surface area contributed by atoms with Gasteiger partial charge in [-0.2, -0.15) is 8.42 Å². The monoisotopic (exact) mass is 500 g/mol. The molecule has 0 saturated carbocycles. The molecule has 1 aliphatic heterocycles. The summed E-state index contributed by atoms with van der Waals surface area (Å²) < 4.78 is 36.3. The summed E-state index contributed by atoms with van der Waals surface area (Å²) in [6.45, 7) is 0. The molecule has 3 aromatic carbocycles. The van der Waals surface area contributed by atoms with Crippen LogP contribution in [0.3, 0.4) is 0 Å². The van der Waals surface area contributed by atoms with E-state index in [1.54, 1.807) is 60.7 Å². The Morgan fingerprint density at radius 3 is 2.42 bits per heavy atom. The summed E-state index contributed by atoms with van der Waals surface area (Å²) in [5, 5.41) is 3.66. The highest BCUT2D eigenvalue weighted by atomic mass is 35.5. The fourth-order valence-corrected chi connectivity index (χ4v) is 4.84. The maximum absolute atomic E-state index is 12.8. The molecule has 0 unspecified atom stereocenters. The Hall–Kier alpha value is -3.27. The molecule has 10 heteroatoms. The fourth-order valence-electron chi connectivity index (χ4n) is 2.90. The van der Waals surface area contributed by atoms with Gasteiger partial charge in [0.2, 0.25) is 0 Å². The molecule has 168 valence electrons. The number of ether oxygens (including phenoxy) is 1. The van der Waals surface area contributed by atoms with Crippen LogP contribution in [0.25, 0.3) is 6.08 Å². The zero-order valence-electron chi connectivity index (χ0n) is 17.2. The molecule has 7 nitrogen and oxygen atoms in total. The van der Waals surface area contributed by atoms with Crippen LogP contribution in [0.2, 0.25) is 5.02 Å². The van der Waals surface area contributed by atoms with Crippen molar-refractivity contribution >= 4 is 56.3 Å². The molecular weight excluding hydrogens is 484 g/mol. The SMILES string of the molecule is COc1cccc(/C=C2\SC(=Nc3ccc(Cl)cc3)NC2=O)c1OS(=O)(=O)c1ccccc1. The second kappa shape index (κ2) is 9.70. The standard InChI is InChI=1S/C23H17ClN2O5S2/c1-30-19-9-5-6-15(21(19)31-33(28,29)18-7-3-2-4-8-18)14-20-22(27)26-23(32-20)25-17-12-10-16(24)11-13-17/h2-14H,1H3,(H,25,26,27)/b20-14-. The summed E-state index contributed by atoms with van der Waals surface area (Å²) in [6, 6.07) is 19.5. The first-order chi connectivity index (χ1) is 15.9. The predicted molar refractivity (Wildman–Crippen MR) is 130 cm³/mol. The predicted octanol–water partition coefficient (Wildman–Crippen LogP) is 5.01. The molecule has 4 rings (SSSR count). The minimum absolute atomic E-state index is 0.000113. The number of methoxy groups -OCH3 is 1. The zero-order valence-corrected chi connectivity index (χ0v) is 19.6. The van der Waals surface area contributed by atoms with E-state index in [-0.39, 0.29) is 22.3 Å². The van der Waals surface area contributed by atoms with Gasteiger partial charge >= 0.3 is 10.1 Å². The van der Waals surface area contributed by atoms with E-state index in [0.717, 1.165) is 11.8 Å².